The number of hydrogen-bond acceptors (Lipinski definition) is 2. The lowest BCUT2D eigenvalue weighted by Gasteiger charge is -1.94. The average molecular weight is 313 g/mol. The molecule has 1 aromatic carbocycles. The SMILES string of the molecule is Cc1sc2cc(I)ccc2c1CC#N. The smallest absolute Gasteiger partial charge is 0.0670 e. The molecule has 1 aromatic heterocycles. The molecule has 14 heavy (non-hydrogen) atoms. The minimum absolute atomic E-state index is 0.520. The van der Waals surface area contributed by atoms with Crippen LogP contribution in [0.15, 0.2) is 18.2 Å². The fourth-order valence-corrected chi connectivity index (χ4v) is 3.37. The van der Waals surface area contributed by atoms with E-state index in [0.717, 1.165) is 0 Å². The summed E-state index contributed by atoms with van der Waals surface area (Å²) >= 11 is 4.09. The third-order valence-corrected chi connectivity index (χ3v) is 3.99. The second-order valence-electron chi connectivity index (χ2n) is 3.11. The highest BCUT2D eigenvalue weighted by Gasteiger charge is 2.08. The van der Waals surface area contributed by atoms with Crippen molar-refractivity contribution in [3.05, 3.63) is 32.2 Å². The average Bonchev–Trinajstić information content (AvgIpc) is 2.43. The zero-order chi connectivity index (χ0) is 10.1. The first-order valence-electron chi connectivity index (χ1n) is 4.27. The van der Waals surface area contributed by atoms with Gasteiger partial charge in [0.15, 0.2) is 0 Å². The quantitative estimate of drug-likeness (QED) is 0.733. The second-order valence-corrected chi connectivity index (χ2v) is 5.61. The molecule has 2 rings (SSSR count). The molecule has 0 saturated carbocycles. The van der Waals surface area contributed by atoms with Crippen molar-refractivity contribution < 1.29 is 0 Å². The molecule has 2 aromatic rings. The number of hydrogen-bond donors (Lipinski definition) is 0. The second kappa shape index (κ2) is 3.87. The van der Waals surface area contributed by atoms with Crippen molar-refractivity contribution in [2.45, 2.75) is 13.3 Å². The first-order chi connectivity index (χ1) is 6.72. The number of nitriles is 1. The summed E-state index contributed by atoms with van der Waals surface area (Å²) in [5.41, 5.74) is 1.20. The third-order valence-electron chi connectivity index (χ3n) is 2.21. The van der Waals surface area contributed by atoms with E-state index in [4.69, 9.17) is 5.26 Å². The highest BCUT2D eigenvalue weighted by Crippen LogP contribution is 2.31. The Hall–Kier alpha value is -0.600. The third kappa shape index (κ3) is 1.64. The molecule has 0 aliphatic rings. The summed E-state index contributed by atoms with van der Waals surface area (Å²) in [4.78, 5) is 1.27. The summed E-state index contributed by atoms with van der Waals surface area (Å²) in [5, 5.41) is 9.97. The van der Waals surface area contributed by atoms with Gasteiger partial charge in [-0.2, -0.15) is 5.26 Å². The van der Waals surface area contributed by atoms with Crippen molar-refractivity contribution in [3.8, 4) is 6.07 Å². The molecule has 0 aliphatic carbocycles. The monoisotopic (exact) mass is 313 g/mol. The van der Waals surface area contributed by atoms with E-state index in [1.807, 2.05) is 0 Å². The number of aryl methyl sites for hydroxylation is 1. The van der Waals surface area contributed by atoms with Crippen LogP contribution in [0.3, 0.4) is 0 Å². The summed E-state index contributed by atoms with van der Waals surface area (Å²) in [6.07, 6.45) is 0.520. The largest absolute Gasteiger partial charge is 0.198 e. The first kappa shape index (κ1) is 9.94. The Bertz CT molecular complexity index is 522. The fraction of sp³-hybridized carbons (Fsp3) is 0.182. The molecular formula is C11H8INS. The molecule has 0 unspecified atom stereocenters. The maximum absolute atomic E-state index is 8.73. The Kier molecular flexibility index (Phi) is 2.75. The molecule has 0 spiro atoms. The zero-order valence-corrected chi connectivity index (χ0v) is 10.6. The van der Waals surface area contributed by atoms with Crippen LogP contribution in [0.1, 0.15) is 10.4 Å². The van der Waals surface area contributed by atoms with E-state index >= 15 is 0 Å². The number of benzene rings is 1. The Labute approximate surface area is 101 Å². The van der Waals surface area contributed by atoms with Crippen molar-refractivity contribution in [1.82, 2.24) is 0 Å². The van der Waals surface area contributed by atoms with Crippen LogP contribution in [0.25, 0.3) is 10.1 Å². The highest BCUT2D eigenvalue weighted by atomic mass is 127. The van der Waals surface area contributed by atoms with Crippen LogP contribution in [0.2, 0.25) is 0 Å². The van der Waals surface area contributed by atoms with Gasteiger partial charge in [0, 0.05) is 13.1 Å². The lowest BCUT2D eigenvalue weighted by molar-refractivity contribution is 1.27. The van der Waals surface area contributed by atoms with Gasteiger partial charge in [0.2, 0.25) is 0 Å². The van der Waals surface area contributed by atoms with E-state index in [1.165, 1.54) is 24.1 Å². The van der Waals surface area contributed by atoms with Crippen LogP contribution in [0.5, 0.6) is 0 Å². The Balaban J connectivity index is 2.72. The Morgan fingerprint density at radius 1 is 1.50 bits per heavy atom. The summed E-state index contributed by atoms with van der Waals surface area (Å²) < 4.78 is 2.54. The van der Waals surface area contributed by atoms with E-state index in [-0.39, 0.29) is 0 Å². The molecule has 0 fully saturated rings. The number of nitrogens with zero attached hydrogens (tertiary/aromatic N) is 1. The van der Waals surface area contributed by atoms with E-state index in [9.17, 15) is 0 Å². The maximum atomic E-state index is 8.73. The summed E-state index contributed by atoms with van der Waals surface area (Å²) in [6, 6.07) is 8.61. The van der Waals surface area contributed by atoms with Gasteiger partial charge >= 0.3 is 0 Å². The molecule has 0 N–H and O–H groups in total. The first-order valence-corrected chi connectivity index (χ1v) is 6.16. The lowest BCUT2D eigenvalue weighted by Crippen LogP contribution is -1.81. The molecule has 0 amide bonds. The van der Waals surface area contributed by atoms with Crippen LogP contribution in [-0.4, -0.2) is 0 Å². The predicted octanol–water partition coefficient (Wildman–Crippen LogP) is 3.88. The molecule has 1 heterocycles. The standard InChI is InChI=1S/C11H8INS/c1-7-9(4-5-13)10-3-2-8(12)6-11(10)14-7/h2-3,6H,4H2,1H3. The van der Waals surface area contributed by atoms with Gasteiger partial charge in [-0.25, -0.2) is 0 Å². The molecule has 3 heteroatoms. The van der Waals surface area contributed by atoms with E-state index in [0.29, 0.717) is 6.42 Å². The van der Waals surface area contributed by atoms with Gasteiger partial charge < -0.3 is 0 Å². The van der Waals surface area contributed by atoms with Crippen molar-refractivity contribution in [3.63, 3.8) is 0 Å². The van der Waals surface area contributed by atoms with Gasteiger partial charge in [-0.3, -0.25) is 0 Å². The van der Waals surface area contributed by atoms with E-state index in [2.05, 4.69) is 53.8 Å². The van der Waals surface area contributed by atoms with Crippen molar-refractivity contribution >= 4 is 44.0 Å². The summed E-state index contributed by atoms with van der Waals surface area (Å²) in [6.45, 7) is 2.09. The topological polar surface area (TPSA) is 23.8 Å². The molecule has 0 atom stereocenters. The van der Waals surface area contributed by atoms with Gasteiger partial charge in [-0.15, -0.1) is 11.3 Å². The molecule has 0 aliphatic heterocycles. The van der Waals surface area contributed by atoms with Gasteiger partial charge in [0.05, 0.1) is 12.5 Å². The Morgan fingerprint density at radius 3 is 3.00 bits per heavy atom. The van der Waals surface area contributed by atoms with Crippen LogP contribution in [-0.2, 0) is 6.42 Å². The zero-order valence-electron chi connectivity index (χ0n) is 7.67. The van der Waals surface area contributed by atoms with Crippen molar-refractivity contribution in [1.29, 1.82) is 5.26 Å². The molecule has 70 valence electrons. The van der Waals surface area contributed by atoms with Gasteiger partial charge in [-0.1, -0.05) is 6.07 Å². The van der Waals surface area contributed by atoms with Gasteiger partial charge in [0.1, 0.15) is 0 Å². The summed E-state index contributed by atoms with van der Waals surface area (Å²) in [5.74, 6) is 0. The number of fused-ring (bicyclic) bond motifs is 1. The molecule has 1 nitrogen and oxygen atoms in total. The number of thiophene rings is 1. The number of halogens is 1. The minimum Gasteiger partial charge on any atom is -0.198 e. The minimum atomic E-state index is 0.520. The normalized spacial score (nSPS) is 10.4. The van der Waals surface area contributed by atoms with Crippen molar-refractivity contribution in [2.24, 2.45) is 0 Å². The molecule has 0 saturated heterocycles. The molecule has 0 bridgehead atoms. The lowest BCUT2D eigenvalue weighted by atomic mass is 10.1. The highest BCUT2D eigenvalue weighted by molar-refractivity contribution is 14.1. The van der Waals surface area contributed by atoms with Crippen molar-refractivity contribution in [2.75, 3.05) is 0 Å². The van der Waals surface area contributed by atoms with E-state index in [1.54, 1.807) is 11.3 Å². The van der Waals surface area contributed by atoms with Crippen LogP contribution in [0, 0.1) is 21.8 Å². The van der Waals surface area contributed by atoms with Gasteiger partial charge in [-0.05, 0) is 52.6 Å². The fourth-order valence-electron chi connectivity index (χ4n) is 1.54. The summed E-state index contributed by atoms with van der Waals surface area (Å²) in [7, 11) is 0. The van der Waals surface area contributed by atoms with Crippen LogP contribution in [0.4, 0.5) is 0 Å². The van der Waals surface area contributed by atoms with Crippen LogP contribution >= 0.6 is 33.9 Å². The van der Waals surface area contributed by atoms with Gasteiger partial charge in [0.25, 0.3) is 0 Å². The molecular weight excluding hydrogens is 305 g/mol. The Morgan fingerprint density at radius 2 is 2.29 bits per heavy atom. The van der Waals surface area contributed by atoms with E-state index < -0.39 is 0 Å². The number of rotatable bonds is 1. The van der Waals surface area contributed by atoms with Crippen LogP contribution < -0.4 is 0 Å². The predicted molar refractivity (Wildman–Crippen MR) is 68.6 cm³/mol. The molecule has 0 radical (unpaired) electrons. The maximum Gasteiger partial charge on any atom is 0.0670 e.